The maximum absolute atomic E-state index is 12.8. The van der Waals surface area contributed by atoms with Crippen molar-refractivity contribution in [1.29, 1.82) is 0 Å². The van der Waals surface area contributed by atoms with Crippen LogP contribution in [0, 0.1) is 0 Å². The van der Waals surface area contributed by atoms with E-state index in [9.17, 15) is 19.0 Å². The van der Waals surface area contributed by atoms with Crippen molar-refractivity contribution in [2.45, 2.75) is 367 Å². The second kappa shape index (κ2) is 60.3. The van der Waals surface area contributed by atoms with Crippen molar-refractivity contribution >= 4 is 19.8 Å². The standard InChI is InChI=1S/C68H134NO8P/c1-6-8-10-12-14-16-18-20-22-24-25-26-27-28-29-30-31-32-33-34-35-36-37-38-39-40-41-42-43-44-45-47-48-50-52-54-56-58-60-67(70)74-64-66(65-76-78(72,73)75-63-62-69(3,4)5)77-68(71)61-59-57-55-53-51-49-46-23-21-19-17-15-13-11-9-7-2/h23,46,66H,6-22,24-45,47-65H2,1-5H3/p+1/b46-23-. The molecule has 0 amide bonds. The molecule has 0 fully saturated rings. The highest BCUT2D eigenvalue weighted by atomic mass is 31.2. The summed E-state index contributed by atoms with van der Waals surface area (Å²) in [6.45, 7) is 4.49. The fourth-order valence-corrected chi connectivity index (χ4v) is 11.2. The summed E-state index contributed by atoms with van der Waals surface area (Å²) in [5, 5.41) is 0. The Morgan fingerprint density at radius 3 is 0.949 bits per heavy atom. The summed E-state index contributed by atoms with van der Waals surface area (Å²) in [7, 11) is 1.49. The summed E-state index contributed by atoms with van der Waals surface area (Å²) in [4.78, 5) is 35.7. The molecule has 10 heteroatoms. The van der Waals surface area contributed by atoms with Crippen LogP contribution in [0.1, 0.15) is 361 Å². The van der Waals surface area contributed by atoms with Gasteiger partial charge in [0.25, 0.3) is 0 Å². The van der Waals surface area contributed by atoms with Crippen LogP contribution in [0.25, 0.3) is 0 Å². The summed E-state index contributed by atoms with van der Waals surface area (Å²) < 4.78 is 34.6. The first-order valence-electron chi connectivity index (χ1n) is 34.4. The number of rotatable bonds is 65. The van der Waals surface area contributed by atoms with E-state index in [2.05, 4.69) is 26.0 Å². The minimum Gasteiger partial charge on any atom is -0.462 e. The lowest BCUT2D eigenvalue weighted by Gasteiger charge is -2.24. The summed E-state index contributed by atoms with van der Waals surface area (Å²) in [5.74, 6) is -0.787. The number of carbonyl (C=O) groups excluding carboxylic acids is 2. The normalized spacial score (nSPS) is 13.2. The highest BCUT2D eigenvalue weighted by molar-refractivity contribution is 7.47. The van der Waals surface area contributed by atoms with E-state index in [-0.39, 0.29) is 25.6 Å². The zero-order valence-corrected chi connectivity index (χ0v) is 53.8. The van der Waals surface area contributed by atoms with Crippen molar-refractivity contribution in [3.63, 3.8) is 0 Å². The zero-order valence-electron chi connectivity index (χ0n) is 52.9. The monoisotopic (exact) mass is 1120 g/mol. The topological polar surface area (TPSA) is 108 Å². The van der Waals surface area contributed by atoms with Crippen LogP contribution in [-0.4, -0.2) is 74.9 Å². The Morgan fingerprint density at radius 2 is 0.654 bits per heavy atom. The molecule has 464 valence electrons. The van der Waals surface area contributed by atoms with Gasteiger partial charge in [-0.1, -0.05) is 321 Å². The Morgan fingerprint density at radius 1 is 0.385 bits per heavy atom. The molecule has 0 radical (unpaired) electrons. The number of quaternary nitrogens is 1. The third-order valence-corrected chi connectivity index (χ3v) is 16.8. The summed E-state index contributed by atoms with van der Waals surface area (Å²) in [6, 6.07) is 0. The lowest BCUT2D eigenvalue weighted by atomic mass is 10.0. The summed E-state index contributed by atoms with van der Waals surface area (Å²) in [5.41, 5.74) is 0. The molecule has 0 aliphatic carbocycles. The molecule has 0 aliphatic rings. The Bertz CT molecular complexity index is 1320. The van der Waals surface area contributed by atoms with Gasteiger partial charge in [-0.2, -0.15) is 0 Å². The second-order valence-corrected chi connectivity index (χ2v) is 26.4. The van der Waals surface area contributed by atoms with Crippen LogP contribution in [0.3, 0.4) is 0 Å². The Kier molecular flexibility index (Phi) is 59.4. The Labute approximate surface area is 486 Å². The van der Waals surface area contributed by atoms with Crippen LogP contribution in [0.2, 0.25) is 0 Å². The average molecular weight is 1130 g/mol. The highest BCUT2D eigenvalue weighted by Gasteiger charge is 2.27. The van der Waals surface area contributed by atoms with E-state index in [0.29, 0.717) is 23.9 Å². The molecule has 78 heavy (non-hydrogen) atoms. The van der Waals surface area contributed by atoms with Gasteiger partial charge >= 0.3 is 19.8 Å². The first-order valence-corrected chi connectivity index (χ1v) is 35.9. The van der Waals surface area contributed by atoms with E-state index in [1.165, 1.54) is 276 Å². The van der Waals surface area contributed by atoms with Gasteiger partial charge in [0, 0.05) is 12.8 Å². The molecule has 0 bridgehead atoms. The van der Waals surface area contributed by atoms with Gasteiger partial charge in [0.05, 0.1) is 27.7 Å². The van der Waals surface area contributed by atoms with Gasteiger partial charge in [-0.05, 0) is 38.5 Å². The molecule has 0 saturated heterocycles. The van der Waals surface area contributed by atoms with Gasteiger partial charge in [-0.15, -0.1) is 0 Å². The van der Waals surface area contributed by atoms with Crippen LogP contribution in [0.4, 0.5) is 0 Å². The SMILES string of the molecule is CCCCCCCCC/C=C\CCCCCCCC(=O)OC(COC(=O)CCCCCCCCCCCCCCCCCCCCCCCCCCCCCCCCCCCCCCCC)COP(=O)(O)OCC[N+](C)(C)C. The number of unbranched alkanes of at least 4 members (excludes halogenated alkanes) is 49. The minimum atomic E-state index is -4.38. The third-order valence-electron chi connectivity index (χ3n) is 15.8. The molecule has 0 rings (SSSR count). The van der Waals surface area contributed by atoms with Gasteiger partial charge in [-0.25, -0.2) is 4.57 Å². The van der Waals surface area contributed by atoms with Crippen molar-refractivity contribution in [3.05, 3.63) is 12.2 Å². The van der Waals surface area contributed by atoms with E-state index in [1.807, 2.05) is 21.1 Å². The van der Waals surface area contributed by atoms with Crippen LogP contribution in [-0.2, 0) is 32.7 Å². The Hall–Kier alpha value is -1.25. The molecule has 0 aliphatic heterocycles. The van der Waals surface area contributed by atoms with Crippen molar-refractivity contribution in [3.8, 4) is 0 Å². The van der Waals surface area contributed by atoms with Crippen molar-refractivity contribution in [2.24, 2.45) is 0 Å². The first-order chi connectivity index (χ1) is 38.0. The van der Waals surface area contributed by atoms with E-state index < -0.39 is 26.5 Å². The molecule has 0 saturated carbocycles. The molecule has 9 nitrogen and oxygen atoms in total. The molecule has 2 atom stereocenters. The van der Waals surface area contributed by atoms with Crippen molar-refractivity contribution in [2.75, 3.05) is 47.5 Å². The molecule has 0 aromatic heterocycles. The summed E-state index contributed by atoms with van der Waals surface area (Å²) >= 11 is 0. The molecule has 2 unspecified atom stereocenters. The number of esters is 2. The van der Waals surface area contributed by atoms with E-state index in [0.717, 1.165) is 51.4 Å². The maximum atomic E-state index is 12.8. The quantitative estimate of drug-likeness (QED) is 0.0211. The predicted octanol–water partition coefficient (Wildman–Crippen LogP) is 21.9. The van der Waals surface area contributed by atoms with Crippen LogP contribution in [0.15, 0.2) is 12.2 Å². The number of carbonyl (C=O) groups is 2. The van der Waals surface area contributed by atoms with E-state index in [4.69, 9.17) is 18.5 Å². The second-order valence-electron chi connectivity index (χ2n) is 24.9. The molecule has 1 N–H and O–H groups in total. The van der Waals surface area contributed by atoms with Gasteiger partial charge in [-0.3, -0.25) is 18.6 Å². The number of allylic oxidation sites excluding steroid dienone is 2. The van der Waals surface area contributed by atoms with Gasteiger partial charge in [0.2, 0.25) is 0 Å². The fourth-order valence-electron chi connectivity index (χ4n) is 10.5. The fraction of sp³-hybridized carbons (Fsp3) is 0.941. The summed E-state index contributed by atoms with van der Waals surface area (Å²) in [6.07, 6.45) is 73.4. The molecule has 0 aromatic rings. The smallest absolute Gasteiger partial charge is 0.462 e. The molecular weight excluding hydrogens is 990 g/mol. The number of hydrogen-bond acceptors (Lipinski definition) is 7. The number of phosphoric acid groups is 1. The molecular formula is C68H135NO8P+. The largest absolute Gasteiger partial charge is 0.472 e. The predicted molar refractivity (Wildman–Crippen MR) is 335 cm³/mol. The third kappa shape index (κ3) is 63.9. The lowest BCUT2D eigenvalue weighted by molar-refractivity contribution is -0.870. The van der Waals surface area contributed by atoms with Crippen LogP contribution in [0.5, 0.6) is 0 Å². The average Bonchev–Trinajstić information content (AvgIpc) is 3.41. The van der Waals surface area contributed by atoms with Gasteiger partial charge in [0.15, 0.2) is 6.10 Å². The van der Waals surface area contributed by atoms with Gasteiger partial charge in [0.1, 0.15) is 19.8 Å². The number of nitrogens with zero attached hydrogens (tertiary/aromatic N) is 1. The van der Waals surface area contributed by atoms with Crippen molar-refractivity contribution in [1.82, 2.24) is 0 Å². The van der Waals surface area contributed by atoms with Crippen LogP contribution < -0.4 is 0 Å². The lowest BCUT2D eigenvalue weighted by Crippen LogP contribution is -2.37. The first kappa shape index (κ1) is 76.8. The Balaban J connectivity index is 3.85. The number of hydrogen-bond donors (Lipinski definition) is 1. The molecule has 0 spiro atoms. The van der Waals surface area contributed by atoms with Gasteiger partial charge < -0.3 is 18.9 Å². The number of likely N-dealkylation sites (N-methyl/N-ethyl adjacent to an activating group) is 1. The van der Waals surface area contributed by atoms with Crippen LogP contribution >= 0.6 is 7.82 Å². The molecule has 0 heterocycles. The van der Waals surface area contributed by atoms with E-state index >= 15 is 0 Å². The number of phosphoric ester groups is 1. The highest BCUT2D eigenvalue weighted by Crippen LogP contribution is 2.43. The maximum Gasteiger partial charge on any atom is 0.472 e. The minimum absolute atomic E-state index is 0.0338. The van der Waals surface area contributed by atoms with Crippen molar-refractivity contribution < 1.29 is 42.1 Å². The zero-order chi connectivity index (χ0) is 57.0. The number of ether oxygens (including phenoxy) is 2. The molecule has 0 aromatic carbocycles. The van der Waals surface area contributed by atoms with E-state index in [1.54, 1.807) is 0 Å².